The topological polar surface area (TPSA) is 72.0 Å². The number of rotatable bonds is 3. The Morgan fingerprint density at radius 1 is 1.21 bits per heavy atom. The fourth-order valence-corrected chi connectivity index (χ4v) is 2.97. The van der Waals surface area contributed by atoms with Gasteiger partial charge in [0.05, 0.1) is 11.7 Å². The fraction of sp³-hybridized carbons (Fsp3) is 0.353. The van der Waals surface area contributed by atoms with Crippen LogP contribution in [0.2, 0.25) is 0 Å². The van der Waals surface area contributed by atoms with E-state index in [2.05, 4.69) is 32.5 Å². The van der Waals surface area contributed by atoms with Crippen molar-refractivity contribution >= 4 is 0 Å². The molecule has 7 nitrogen and oxygen atoms in total. The van der Waals surface area contributed by atoms with Gasteiger partial charge in [-0.05, 0) is 44.3 Å². The molecule has 1 fully saturated rings. The quantitative estimate of drug-likeness (QED) is 0.792. The summed E-state index contributed by atoms with van der Waals surface area (Å²) in [5.41, 5.74) is 3.02. The number of piperazine rings is 1. The summed E-state index contributed by atoms with van der Waals surface area (Å²) in [5, 5.41) is 11.9. The molecule has 4 rings (SSSR count). The number of hydrogen-bond donors (Lipinski definition) is 1. The highest BCUT2D eigenvalue weighted by Crippen LogP contribution is 2.23. The molecule has 124 valence electrons. The Labute approximate surface area is 140 Å². The Kier molecular flexibility index (Phi) is 3.87. The van der Waals surface area contributed by atoms with Crippen molar-refractivity contribution in [2.24, 2.45) is 0 Å². The number of nitrogens with zero attached hydrogens (tertiary/aromatic N) is 5. The summed E-state index contributed by atoms with van der Waals surface area (Å²) < 4.78 is 7.36. The van der Waals surface area contributed by atoms with Crippen LogP contribution in [-0.4, -0.2) is 51.5 Å². The molecule has 3 heterocycles. The van der Waals surface area contributed by atoms with Crippen LogP contribution >= 0.6 is 0 Å². The van der Waals surface area contributed by atoms with Crippen LogP contribution in [0.1, 0.15) is 17.6 Å². The van der Waals surface area contributed by atoms with E-state index in [-0.39, 0.29) is 6.04 Å². The summed E-state index contributed by atoms with van der Waals surface area (Å²) in [6, 6.07) is 10.1. The average Bonchev–Trinajstić information content (AvgIpc) is 3.25. The lowest BCUT2D eigenvalue weighted by molar-refractivity contribution is 0.190. The van der Waals surface area contributed by atoms with Gasteiger partial charge in [0.1, 0.15) is 0 Å². The second kappa shape index (κ2) is 6.18. The van der Waals surface area contributed by atoms with E-state index in [1.165, 1.54) is 0 Å². The van der Waals surface area contributed by atoms with Crippen molar-refractivity contribution in [3.8, 4) is 17.1 Å². The first-order valence-electron chi connectivity index (χ1n) is 8.08. The van der Waals surface area contributed by atoms with Crippen LogP contribution in [0.3, 0.4) is 0 Å². The average molecular weight is 324 g/mol. The maximum atomic E-state index is 5.47. The zero-order valence-corrected chi connectivity index (χ0v) is 13.8. The van der Waals surface area contributed by atoms with Crippen molar-refractivity contribution in [1.29, 1.82) is 0 Å². The van der Waals surface area contributed by atoms with E-state index in [0.29, 0.717) is 5.89 Å². The van der Waals surface area contributed by atoms with Crippen LogP contribution in [0.25, 0.3) is 17.1 Å². The monoisotopic (exact) mass is 324 g/mol. The lowest BCUT2D eigenvalue weighted by atomic mass is 10.2. The van der Waals surface area contributed by atoms with Gasteiger partial charge < -0.3 is 9.84 Å². The molecule has 2 aromatic heterocycles. The molecule has 1 saturated heterocycles. The Balaban J connectivity index is 1.57. The van der Waals surface area contributed by atoms with E-state index < -0.39 is 0 Å². The minimum Gasteiger partial charge on any atom is -0.334 e. The van der Waals surface area contributed by atoms with E-state index in [9.17, 15) is 0 Å². The van der Waals surface area contributed by atoms with E-state index >= 15 is 0 Å². The zero-order valence-electron chi connectivity index (χ0n) is 13.8. The first kappa shape index (κ1) is 15.0. The van der Waals surface area contributed by atoms with E-state index in [1.54, 1.807) is 6.20 Å². The van der Waals surface area contributed by atoms with Gasteiger partial charge in [0, 0.05) is 37.1 Å². The number of aromatic nitrogens is 4. The molecule has 24 heavy (non-hydrogen) atoms. The van der Waals surface area contributed by atoms with Gasteiger partial charge in [0.2, 0.25) is 0 Å². The van der Waals surface area contributed by atoms with E-state index in [1.807, 2.05) is 41.9 Å². The van der Waals surface area contributed by atoms with Crippen LogP contribution < -0.4 is 5.32 Å². The SMILES string of the molecule is Cc1ccnn1-c1ccc(-c2nc(C3CNCCN3C)no2)cc1. The van der Waals surface area contributed by atoms with Gasteiger partial charge in [0.15, 0.2) is 5.82 Å². The molecule has 1 N–H and O–H groups in total. The van der Waals surface area contributed by atoms with Gasteiger partial charge in [0.25, 0.3) is 5.89 Å². The molecule has 1 aromatic carbocycles. The summed E-state index contributed by atoms with van der Waals surface area (Å²) in [6.45, 7) is 4.84. The molecule has 1 unspecified atom stereocenters. The molecule has 1 aliphatic heterocycles. The molecule has 0 saturated carbocycles. The Morgan fingerprint density at radius 3 is 2.75 bits per heavy atom. The molecule has 0 spiro atoms. The predicted octanol–water partition coefficient (Wildman–Crippen LogP) is 1.81. The number of benzene rings is 1. The van der Waals surface area contributed by atoms with Gasteiger partial charge >= 0.3 is 0 Å². The van der Waals surface area contributed by atoms with E-state index in [0.717, 1.165) is 42.4 Å². The molecule has 3 aromatic rings. The second-order valence-electron chi connectivity index (χ2n) is 6.09. The van der Waals surface area contributed by atoms with Crippen molar-refractivity contribution in [3.63, 3.8) is 0 Å². The Bertz CT molecular complexity index is 822. The predicted molar refractivity (Wildman–Crippen MR) is 89.8 cm³/mol. The Hall–Kier alpha value is -2.51. The standard InChI is InChI=1S/C17H20N6O/c1-12-7-8-19-23(12)14-5-3-13(4-6-14)17-20-16(21-24-17)15-11-18-9-10-22(15)2/h3-8,15,18H,9-11H2,1-2H3. The van der Waals surface area contributed by atoms with Crippen LogP contribution in [-0.2, 0) is 0 Å². The second-order valence-corrected chi connectivity index (χ2v) is 6.09. The number of nitrogens with one attached hydrogen (secondary N) is 1. The van der Waals surface area contributed by atoms with Crippen molar-refractivity contribution in [3.05, 3.63) is 48.0 Å². The maximum Gasteiger partial charge on any atom is 0.257 e. The summed E-state index contributed by atoms with van der Waals surface area (Å²) in [5.74, 6) is 1.28. The maximum absolute atomic E-state index is 5.47. The van der Waals surface area contributed by atoms with Crippen molar-refractivity contribution in [1.82, 2.24) is 30.1 Å². The molecule has 0 aliphatic carbocycles. The molecular formula is C17H20N6O. The van der Waals surface area contributed by atoms with Gasteiger partial charge in [-0.15, -0.1) is 0 Å². The van der Waals surface area contributed by atoms with Gasteiger partial charge in [-0.2, -0.15) is 10.1 Å². The largest absolute Gasteiger partial charge is 0.334 e. The van der Waals surface area contributed by atoms with Gasteiger partial charge in [-0.3, -0.25) is 4.90 Å². The van der Waals surface area contributed by atoms with Crippen molar-refractivity contribution < 1.29 is 4.52 Å². The first-order valence-corrected chi connectivity index (χ1v) is 8.08. The highest BCUT2D eigenvalue weighted by atomic mass is 16.5. The lowest BCUT2D eigenvalue weighted by Gasteiger charge is -2.30. The number of likely N-dealkylation sites (N-methyl/N-ethyl adjacent to an activating group) is 1. The van der Waals surface area contributed by atoms with Crippen LogP contribution in [0.15, 0.2) is 41.1 Å². The molecular weight excluding hydrogens is 304 g/mol. The van der Waals surface area contributed by atoms with Crippen LogP contribution in [0.4, 0.5) is 0 Å². The molecule has 1 atom stereocenters. The molecule has 1 aliphatic rings. The van der Waals surface area contributed by atoms with E-state index in [4.69, 9.17) is 4.52 Å². The summed E-state index contributed by atoms with van der Waals surface area (Å²) in [4.78, 5) is 6.83. The number of aryl methyl sites for hydroxylation is 1. The third-order valence-electron chi connectivity index (χ3n) is 4.44. The highest BCUT2D eigenvalue weighted by molar-refractivity contribution is 5.55. The fourth-order valence-electron chi connectivity index (χ4n) is 2.97. The van der Waals surface area contributed by atoms with Gasteiger partial charge in [-0.25, -0.2) is 4.68 Å². The first-order chi connectivity index (χ1) is 11.7. The minimum atomic E-state index is 0.155. The third-order valence-corrected chi connectivity index (χ3v) is 4.44. The lowest BCUT2D eigenvalue weighted by Crippen LogP contribution is -2.44. The van der Waals surface area contributed by atoms with Gasteiger partial charge in [-0.1, -0.05) is 5.16 Å². The summed E-state index contributed by atoms with van der Waals surface area (Å²) in [7, 11) is 2.09. The zero-order chi connectivity index (χ0) is 16.5. The smallest absolute Gasteiger partial charge is 0.257 e. The molecule has 0 radical (unpaired) electrons. The minimum absolute atomic E-state index is 0.155. The summed E-state index contributed by atoms with van der Waals surface area (Å²) in [6.07, 6.45) is 1.79. The number of hydrogen-bond acceptors (Lipinski definition) is 6. The Morgan fingerprint density at radius 2 is 2.04 bits per heavy atom. The van der Waals surface area contributed by atoms with Crippen LogP contribution in [0, 0.1) is 6.92 Å². The summed E-state index contributed by atoms with van der Waals surface area (Å²) >= 11 is 0. The van der Waals surface area contributed by atoms with Crippen molar-refractivity contribution in [2.75, 3.05) is 26.7 Å². The third kappa shape index (κ3) is 2.72. The molecule has 7 heteroatoms. The molecule has 0 amide bonds. The highest BCUT2D eigenvalue weighted by Gasteiger charge is 2.25. The van der Waals surface area contributed by atoms with Crippen LogP contribution in [0.5, 0.6) is 0 Å². The normalized spacial score (nSPS) is 18.8. The van der Waals surface area contributed by atoms with Crippen molar-refractivity contribution in [2.45, 2.75) is 13.0 Å². The molecule has 0 bridgehead atoms.